The third-order valence-electron chi connectivity index (χ3n) is 13.0. The summed E-state index contributed by atoms with van der Waals surface area (Å²) in [5, 5.41) is 17.9. The third-order valence-corrected chi connectivity index (χ3v) is 13.0. The number of aromatic amines is 1. The Morgan fingerprint density at radius 1 is 0.902 bits per heavy atom. The molecule has 7 atom stereocenters. The van der Waals surface area contributed by atoms with Gasteiger partial charge in [0.15, 0.2) is 0 Å². The van der Waals surface area contributed by atoms with Crippen LogP contribution in [0.4, 0.5) is 15.3 Å². The minimum atomic E-state index is -1.14. The molecule has 0 spiro atoms. The number of hydrogen-bond donors (Lipinski definition) is 4. The van der Waals surface area contributed by atoms with Gasteiger partial charge in [0.25, 0.3) is 0 Å². The second-order valence-electron chi connectivity index (χ2n) is 17.1. The number of hydrogen-bond acceptors (Lipinski definition) is 10. The van der Waals surface area contributed by atoms with E-state index in [0.717, 1.165) is 93.5 Å². The molecule has 322 valence electrons. The molecule has 4 aliphatic rings. The summed E-state index contributed by atoms with van der Waals surface area (Å²) in [6.07, 6.45) is 3.71. The van der Waals surface area contributed by atoms with Crippen LogP contribution in [-0.2, 0) is 32.1 Å². The monoisotopic (exact) mass is 833 g/mol. The Hall–Kier alpha value is -5.96. The van der Waals surface area contributed by atoms with Gasteiger partial charge in [-0.1, -0.05) is 39.0 Å². The van der Waals surface area contributed by atoms with Crippen LogP contribution in [0.15, 0.2) is 53.7 Å². The second kappa shape index (κ2) is 16.8. The van der Waals surface area contributed by atoms with Crippen LogP contribution in [0.3, 0.4) is 0 Å². The number of H-pyrrole nitrogens is 1. The van der Waals surface area contributed by atoms with Crippen molar-refractivity contribution < 1.29 is 38.5 Å². The number of aromatic nitrogens is 2. The fourth-order valence-corrected chi connectivity index (χ4v) is 9.71. The van der Waals surface area contributed by atoms with Gasteiger partial charge in [0.05, 0.1) is 50.0 Å². The van der Waals surface area contributed by atoms with E-state index < -0.39 is 30.4 Å². The molecule has 3 aromatic carbocycles. The summed E-state index contributed by atoms with van der Waals surface area (Å²) in [6.45, 7) is 9.75. The van der Waals surface area contributed by atoms with E-state index in [-0.39, 0.29) is 41.9 Å². The SMILES string of the molecule is CC[C@H]1CC[C@@H](C2=Nc3ccc4cc5c(cc4c3C2)OCc2cc(-c3cnc([C@@H]4CC[C@H](C)N4C(=O)[C@@H](NC(=O)OC)C(C)C)[nH]3)ccc2-5)N1C(=O)[C@@H](NC(=O)OC)[C@@H](C)O. The average Bonchev–Trinajstić information content (AvgIpc) is 4.08. The minimum Gasteiger partial charge on any atom is -0.488 e. The van der Waals surface area contributed by atoms with Gasteiger partial charge >= 0.3 is 12.2 Å². The highest BCUT2D eigenvalue weighted by Crippen LogP contribution is 2.45. The molecule has 0 saturated carbocycles. The van der Waals surface area contributed by atoms with Gasteiger partial charge in [-0.3, -0.25) is 14.6 Å². The number of methoxy groups -OCH3 is 2. The second-order valence-corrected chi connectivity index (χ2v) is 17.1. The van der Waals surface area contributed by atoms with Crippen molar-refractivity contribution in [3.63, 3.8) is 0 Å². The molecule has 1 aromatic heterocycles. The van der Waals surface area contributed by atoms with Gasteiger partial charge in [-0.05, 0) is 109 Å². The van der Waals surface area contributed by atoms with Crippen molar-refractivity contribution in [2.24, 2.45) is 10.9 Å². The van der Waals surface area contributed by atoms with Crippen LogP contribution in [-0.4, -0.2) is 105 Å². The molecule has 4 N–H and O–H groups in total. The molecule has 4 amide bonds. The number of aliphatic imine (C=N–C) groups is 1. The number of aliphatic hydroxyl groups is 1. The molecule has 2 fully saturated rings. The molecule has 4 aliphatic heterocycles. The Kier molecular flexibility index (Phi) is 11.5. The lowest BCUT2D eigenvalue weighted by molar-refractivity contribution is -0.138. The molecule has 0 radical (unpaired) electrons. The first kappa shape index (κ1) is 41.8. The van der Waals surface area contributed by atoms with Crippen LogP contribution in [0.1, 0.15) is 89.7 Å². The van der Waals surface area contributed by atoms with Gasteiger partial charge in [0.2, 0.25) is 11.8 Å². The summed E-state index contributed by atoms with van der Waals surface area (Å²) in [7, 11) is 2.52. The van der Waals surface area contributed by atoms with Crippen LogP contribution in [0, 0.1) is 5.92 Å². The zero-order valence-electron chi connectivity index (χ0n) is 35.8. The lowest BCUT2D eigenvalue weighted by atomic mass is 9.91. The van der Waals surface area contributed by atoms with E-state index >= 15 is 0 Å². The molecule has 0 bridgehead atoms. The first-order valence-electron chi connectivity index (χ1n) is 21.3. The van der Waals surface area contributed by atoms with Gasteiger partial charge in [-0.25, -0.2) is 14.6 Å². The molecule has 0 aliphatic carbocycles. The maximum atomic E-state index is 14.0. The van der Waals surface area contributed by atoms with E-state index in [4.69, 9.17) is 24.2 Å². The molecule has 4 aromatic rings. The van der Waals surface area contributed by atoms with Gasteiger partial charge < -0.3 is 44.7 Å². The highest BCUT2D eigenvalue weighted by atomic mass is 16.5. The molecule has 15 nitrogen and oxygen atoms in total. The molecule has 5 heterocycles. The Morgan fingerprint density at radius 2 is 1.62 bits per heavy atom. The molecule has 15 heteroatoms. The number of carbonyl (C=O) groups is 4. The van der Waals surface area contributed by atoms with Crippen LogP contribution >= 0.6 is 0 Å². The highest BCUT2D eigenvalue weighted by molar-refractivity contribution is 6.07. The Balaban J connectivity index is 1.02. The fourth-order valence-electron chi connectivity index (χ4n) is 9.71. The summed E-state index contributed by atoms with van der Waals surface area (Å²) in [5.41, 5.74) is 7.76. The summed E-state index contributed by atoms with van der Waals surface area (Å²) < 4.78 is 16.0. The van der Waals surface area contributed by atoms with Crippen LogP contribution < -0.4 is 15.4 Å². The topological polar surface area (TPSA) is 188 Å². The lowest BCUT2D eigenvalue weighted by Crippen LogP contribution is -2.57. The molecular formula is C46H55N7O8. The molecule has 0 unspecified atom stereocenters. The Labute approximate surface area is 355 Å². The standard InChI is InChI=1S/C46H55N7O8/c1-8-29-12-16-37(53(29)44(56)41(25(5)54)51-46(58)60-7)35-19-32-31-20-39-33(18-26(31)11-14-34(32)48-35)30-13-10-27(17-28(30)22-61-39)36-21-47-42(49-36)38-15-9-24(4)52(38)43(55)40(23(2)3)50-45(57)59-6/h10-11,13-14,17-18,20-21,23-25,29,37-38,40-41,54H,8-9,12,15-16,19,22H2,1-7H3,(H,47,49)(H,50,57)(H,51,58)/t24-,25+,29-,37-,38-,40-,41-/m0/s1. The molecule has 8 rings (SSSR count). The van der Waals surface area contributed by atoms with E-state index in [9.17, 15) is 24.3 Å². The van der Waals surface area contributed by atoms with Crippen molar-refractivity contribution in [3.8, 4) is 28.1 Å². The van der Waals surface area contributed by atoms with Crippen molar-refractivity contribution in [3.05, 3.63) is 65.6 Å². The van der Waals surface area contributed by atoms with Gasteiger partial charge in [-0.15, -0.1) is 0 Å². The quantitative estimate of drug-likeness (QED) is 0.134. The Bertz CT molecular complexity index is 2410. The maximum Gasteiger partial charge on any atom is 0.407 e. The number of alkyl carbamates (subject to hydrolysis) is 2. The number of likely N-dealkylation sites (tertiary alicyclic amines) is 2. The first-order chi connectivity index (χ1) is 29.3. The van der Waals surface area contributed by atoms with Crippen molar-refractivity contribution in [2.45, 2.75) is 122 Å². The van der Waals surface area contributed by atoms with Crippen molar-refractivity contribution in [1.82, 2.24) is 30.4 Å². The molecule has 2 saturated heterocycles. The summed E-state index contributed by atoms with van der Waals surface area (Å²) in [4.78, 5) is 69.1. The van der Waals surface area contributed by atoms with Gasteiger partial charge in [0.1, 0.15) is 30.3 Å². The first-order valence-corrected chi connectivity index (χ1v) is 21.3. The number of fused-ring (bicyclic) bond motifs is 6. The number of nitrogens with one attached hydrogen (secondary N) is 3. The number of benzene rings is 3. The van der Waals surface area contributed by atoms with Crippen molar-refractivity contribution >= 4 is 46.2 Å². The summed E-state index contributed by atoms with van der Waals surface area (Å²) in [6, 6.07) is 12.3. The smallest absolute Gasteiger partial charge is 0.407 e. The number of amides is 4. The number of nitrogens with zero attached hydrogens (tertiary/aromatic N) is 4. The van der Waals surface area contributed by atoms with E-state index in [1.807, 2.05) is 49.8 Å². The van der Waals surface area contributed by atoms with E-state index in [1.54, 1.807) is 0 Å². The number of rotatable bonds is 10. The number of ether oxygens (including phenoxy) is 3. The zero-order valence-corrected chi connectivity index (χ0v) is 35.8. The summed E-state index contributed by atoms with van der Waals surface area (Å²) >= 11 is 0. The van der Waals surface area contributed by atoms with E-state index in [0.29, 0.717) is 18.9 Å². The normalized spacial score (nSPS) is 21.8. The minimum absolute atomic E-state index is 0.0195. The van der Waals surface area contributed by atoms with Gasteiger partial charge in [0, 0.05) is 29.8 Å². The largest absolute Gasteiger partial charge is 0.488 e. The fraction of sp³-hybridized carbons (Fsp3) is 0.478. The Morgan fingerprint density at radius 3 is 2.33 bits per heavy atom. The zero-order chi connectivity index (χ0) is 43.3. The van der Waals surface area contributed by atoms with Crippen LogP contribution in [0.2, 0.25) is 0 Å². The van der Waals surface area contributed by atoms with Crippen LogP contribution in [0.25, 0.3) is 33.2 Å². The maximum absolute atomic E-state index is 14.0. The number of carbonyl (C=O) groups excluding carboxylic acids is 4. The number of imidazole rings is 1. The van der Waals surface area contributed by atoms with Crippen molar-refractivity contribution in [1.29, 1.82) is 0 Å². The highest BCUT2D eigenvalue weighted by Gasteiger charge is 2.44. The van der Waals surface area contributed by atoms with E-state index in [2.05, 4.69) is 52.0 Å². The van der Waals surface area contributed by atoms with Gasteiger partial charge in [-0.2, -0.15) is 0 Å². The van der Waals surface area contributed by atoms with Crippen molar-refractivity contribution in [2.75, 3.05) is 14.2 Å². The predicted octanol–water partition coefficient (Wildman–Crippen LogP) is 6.73. The average molecular weight is 834 g/mol. The molecule has 61 heavy (non-hydrogen) atoms. The van der Waals surface area contributed by atoms with Crippen LogP contribution in [0.5, 0.6) is 5.75 Å². The number of aliphatic hydroxyl groups excluding tert-OH is 1. The third kappa shape index (κ3) is 7.68. The predicted molar refractivity (Wildman–Crippen MR) is 230 cm³/mol. The summed E-state index contributed by atoms with van der Waals surface area (Å²) in [5.74, 6) is 0.864. The lowest BCUT2D eigenvalue weighted by Gasteiger charge is -2.34. The molecular weight excluding hydrogens is 779 g/mol. The van der Waals surface area contributed by atoms with E-state index in [1.165, 1.54) is 21.1 Å².